The summed E-state index contributed by atoms with van der Waals surface area (Å²) in [7, 11) is 0. The first kappa shape index (κ1) is 18.2. The minimum absolute atomic E-state index is 0. The van der Waals surface area contributed by atoms with Crippen LogP contribution in [0.5, 0.6) is 0 Å². The highest BCUT2D eigenvalue weighted by atomic mass is 35.5. The third kappa shape index (κ3) is 4.99. The molecule has 0 aromatic heterocycles. The molecule has 1 aliphatic carbocycles. The summed E-state index contributed by atoms with van der Waals surface area (Å²) in [6.07, 6.45) is 4.25. The van der Waals surface area contributed by atoms with Gasteiger partial charge in [0.2, 0.25) is 11.8 Å². The molecule has 6 heteroatoms. The minimum atomic E-state index is -0.773. The van der Waals surface area contributed by atoms with Gasteiger partial charge in [0.05, 0.1) is 5.54 Å². The Morgan fingerprint density at radius 1 is 1.21 bits per heavy atom. The third-order valence-corrected chi connectivity index (χ3v) is 3.69. The van der Waals surface area contributed by atoms with Crippen LogP contribution < -0.4 is 16.4 Å². The van der Waals surface area contributed by atoms with Crippen molar-refractivity contribution in [3.63, 3.8) is 0 Å². The second-order valence-corrected chi connectivity index (χ2v) is 5.38. The molecule has 0 spiro atoms. The number of hydrogen-bond donors (Lipinski definition) is 3. The van der Waals surface area contributed by atoms with Crippen LogP contribution in [0.4, 0.5) is 0 Å². The van der Waals surface area contributed by atoms with E-state index in [0.717, 1.165) is 19.3 Å². The molecular formula is C13H26ClN3O2. The van der Waals surface area contributed by atoms with Gasteiger partial charge in [-0.15, -0.1) is 12.4 Å². The van der Waals surface area contributed by atoms with E-state index in [1.807, 2.05) is 13.8 Å². The molecule has 1 rings (SSSR count). The lowest BCUT2D eigenvalue weighted by molar-refractivity contribution is -0.131. The number of amides is 2. The summed E-state index contributed by atoms with van der Waals surface area (Å²) in [6.45, 7) is 5.63. The van der Waals surface area contributed by atoms with E-state index in [4.69, 9.17) is 5.73 Å². The fourth-order valence-corrected chi connectivity index (χ4v) is 2.11. The summed E-state index contributed by atoms with van der Waals surface area (Å²) in [4.78, 5) is 23.8. The maximum atomic E-state index is 12.0. The maximum Gasteiger partial charge on any atom is 0.242 e. The van der Waals surface area contributed by atoms with Crippen molar-refractivity contribution in [2.75, 3.05) is 0 Å². The van der Waals surface area contributed by atoms with Gasteiger partial charge in [-0.2, -0.15) is 0 Å². The predicted octanol–water partition coefficient (Wildman–Crippen LogP) is 1.10. The average molecular weight is 292 g/mol. The molecule has 5 nitrogen and oxygen atoms in total. The molecule has 0 radical (unpaired) electrons. The molecule has 1 aliphatic rings. The summed E-state index contributed by atoms with van der Waals surface area (Å²) in [5.74, 6) is -0.355. The van der Waals surface area contributed by atoms with E-state index < -0.39 is 11.6 Å². The van der Waals surface area contributed by atoms with Crippen molar-refractivity contribution in [2.24, 2.45) is 5.73 Å². The number of nitrogens with one attached hydrogen (secondary N) is 2. The third-order valence-electron chi connectivity index (χ3n) is 3.69. The summed E-state index contributed by atoms with van der Waals surface area (Å²) >= 11 is 0. The molecule has 0 bridgehead atoms. The Kier molecular flexibility index (Phi) is 7.37. The van der Waals surface area contributed by atoms with Gasteiger partial charge >= 0.3 is 0 Å². The lowest BCUT2D eigenvalue weighted by Crippen LogP contribution is -2.57. The quantitative estimate of drug-likeness (QED) is 0.709. The Balaban J connectivity index is 0.00000324. The van der Waals surface area contributed by atoms with Gasteiger partial charge in [0.15, 0.2) is 0 Å². The van der Waals surface area contributed by atoms with E-state index >= 15 is 0 Å². The largest absolute Gasteiger partial charge is 0.352 e. The van der Waals surface area contributed by atoms with E-state index in [-0.39, 0.29) is 30.3 Å². The van der Waals surface area contributed by atoms with Gasteiger partial charge in [0, 0.05) is 6.04 Å². The van der Waals surface area contributed by atoms with Crippen molar-refractivity contribution in [1.29, 1.82) is 0 Å². The standard InChI is InChI=1S/C13H25N3O2.ClH/c1-4-9(2)15-11(17)10(3)16-12(18)13(14)7-5-6-8-13;/h9-10H,4-8,14H2,1-3H3,(H,15,17)(H,16,18);1H. The van der Waals surface area contributed by atoms with E-state index in [0.29, 0.717) is 12.8 Å². The summed E-state index contributed by atoms with van der Waals surface area (Å²) in [5.41, 5.74) is 5.26. The number of rotatable bonds is 5. The first-order valence-electron chi connectivity index (χ1n) is 6.79. The van der Waals surface area contributed by atoms with E-state index in [9.17, 15) is 9.59 Å². The number of hydrogen-bond acceptors (Lipinski definition) is 3. The summed E-state index contributed by atoms with van der Waals surface area (Å²) < 4.78 is 0. The highest BCUT2D eigenvalue weighted by molar-refractivity contribution is 5.92. The predicted molar refractivity (Wildman–Crippen MR) is 78.1 cm³/mol. The van der Waals surface area contributed by atoms with Crippen molar-refractivity contribution >= 4 is 24.2 Å². The molecule has 1 fully saturated rings. The van der Waals surface area contributed by atoms with E-state index in [1.54, 1.807) is 6.92 Å². The molecule has 0 aromatic carbocycles. The van der Waals surface area contributed by atoms with Crippen LogP contribution in [0.2, 0.25) is 0 Å². The molecule has 2 atom stereocenters. The van der Waals surface area contributed by atoms with E-state index in [1.165, 1.54) is 0 Å². The highest BCUT2D eigenvalue weighted by Gasteiger charge is 2.38. The van der Waals surface area contributed by atoms with Gasteiger partial charge in [0.25, 0.3) is 0 Å². The first-order chi connectivity index (χ1) is 8.39. The van der Waals surface area contributed by atoms with Gasteiger partial charge in [-0.3, -0.25) is 9.59 Å². The molecule has 0 heterocycles. The van der Waals surface area contributed by atoms with Crippen molar-refractivity contribution in [2.45, 2.75) is 70.5 Å². The fraction of sp³-hybridized carbons (Fsp3) is 0.846. The van der Waals surface area contributed by atoms with Crippen molar-refractivity contribution in [3.8, 4) is 0 Å². The molecule has 2 unspecified atom stereocenters. The van der Waals surface area contributed by atoms with Crippen LogP contribution in [0.1, 0.15) is 52.9 Å². The van der Waals surface area contributed by atoms with Crippen LogP contribution >= 0.6 is 12.4 Å². The SMILES string of the molecule is CCC(C)NC(=O)C(C)NC(=O)C1(N)CCCC1.Cl. The Bertz CT molecular complexity index is 317. The van der Waals surface area contributed by atoms with Crippen molar-refractivity contribution in [3.05, 3.63) is 0 Å². The maximum absolute atomic E-state index is 12.0. The molecule has 0 aliphatic heterocycles. The van der Waals surface area contributed by atoms with Crippen molar-refractivity contribution in [1.82, 2.24) is 10.6 Å². The fourth-order valence-electron chi connectivity index (χ4n) is 2.11. The molecule has 0 aromatic rings. The molecule has 1 saturated carbocycles. The van der Waals surface area contributed by atoms with Gasteiger partial charge in [-0.25, -0.2) is 0 Å². The van der Waals surface area contributed by atoms with E-state index in [2.05, 4.69) is 10.6 Å². The van der Waals surface area contributed by atoms with Crippen molar-refractivity contribution < 1.29 is 9.59 Å². The lowest BCUT2D eigenvalue weighted by Gasteiger charge is -2.25. The Labute approximate surface area is 121 Å². The molecular weight excluding hydrogens is 266 g/mol. The van der Waals surface area contributed by atoms with Crippen LogP contribution in [-0.2, 0) is 9.59 Å². The normalized spacial score (nSPS) is 20.0. The molecule has 0 saturated heterocycles. The minimum Gasteiger partial charge on any atom is -0.352 e. The zero-order chi connectivity index (χ0) is 13.8. The topological polar surface area (TPSA) is 84.2 Å². The Hall–Kier alpha value is -0.810. The monoisotopic (exact) mass is 291 g/mol. The number of carbonyl (C=O) groups is 2. The Morgan fingerprint density at radius 3 is 2.21 bits per heavy atom. The molecule has 19 heavy (non-hydrogen) atoms. The smallest absolute Gasteiger partial charge is 0.242 e. The number of halogens is 1. The zero-order valence-electron chi connectivity index (χ0n) is 12.0. The lowest BCUT2D eigenvalue weighted by atomic mass is 9.97. The Morgan fingerprint density at radius 2 is 1.74 bits per heavy atom. The second kappa shape index (κ2) is 7.70. The van der Waals surface area contributed by atoms with Crippen LogP contribution in [0.3, 0.4) is 0 Å². The van der Waals surface area contributed by atoms with Crippen LogP contribution in [0, 0.1) is 0 Å². The summed E-state index contributed by atoms with van der Waals surface area (Å²) in [6, 6.07) is -0.414. The highest BCUT2D eigenvalue weighted by Crippen LogP contribution is 2.27. The second-order valence-electron chi connectivity index (χ2n) is 5.38. The van der Waals surface area contributed by atoms with Gasteiger partial charge in [-0.05, 0) is 33.1 Å². The van der Waals surface area contributed by atoms with Crippen LogP contribution in [-0.4, -0.2) is 29.4 Å². The molecule has 2 amide bonds. The van der Waals surface area contributed by atoms with Gasteiger partial charge in [-0.1, -0.05) is 19.8 Å². The number of carbonyl (C=O) groups excluding carboxylic acids is 2. The van der Waals surface area contributed by atoms with Crippen LogP contribution in [0.15, 0.2) is 0 Å². The van der Waals surface area contributed by atoms with Crippen LogP contribution in [0.25, 0.3) is 0 Å². The molecule has 4 N–H and O–H groups in total. The molecule has 112 valence electrons. The van der Waals surface area contributed by atoms with Gasteiger partial charge < -0.3 is 16.4 Å². The summed E-state index contributed by atoms with van der Waals surface area (Å²) in [5, 5.41) is 5.56. The number of nitrogens with two attached hydrogens (primary N) is 1. The zero-order valence-corrected chi connectivity index (χ0v) is 12.8. The van der Waals surface area contributed by atoms with Gasteiger partial charge in [0.1, 0.15) is 6.04 Å². The first-order valence-corrected chi connectivity index (χ1v) is 6.79. The average Bonchev–Trinajstić information content (AvgIpc) is 2.77.